The van der Waals surface area contributed by atoms with E-state index in [9.17, 15) is 0 Å². The molecule has 1 aromatic heterocycles. The molecule has 21 heavy (non-hydrogen) atoms. The molecule has 5 nitrogen and oxygen atoms in total. The van der Waals surface area contributed by atoms with E-state index in [2.05, 4.69) is 27.3 Å². The molecule has 112 valence electrons. The zero-order valence-electron chi connectivity index (χ0n) is 12.6. The van der Waals surface area contributed by atoms with Crippen LogP contribution in [0.5, 0.6) is 0 Å². The van der Waals surface area contributed by atoms with Gasteiger partial charge < -0.3 is 4.90 Å². The van der Waals surface area contributed by atoms with E-state index in [1.807, 2.05) is 35.0 Å². The van der Waals surface area contributed by atoms with E-state index in [4.69, 9.17) is 0 Å². The number of piperidine rings is 1. The third kappa shape index (κ3) is 3.67. The van der Waals surface area contributed by atoms with Gasteiger partial charge in [0.05, 0.1) is 5.69 Å². The Labute approximate surface area is 126 Å². The zero-order chi connectivity index (χ0) is 14.5. The average molecular weight is 285 g/mol. The van der Waals surface area contributed by atoms with Crippen LogP contribution in [0, 0.1) is 5.92 Å². The average Bonchev–Trinajstić information content (AvgIpc) is 2.97. The lowest BCUT2D eigenvalue weighted by molar-refractivity contribution is 0.182. The van der Waals surface area contributed by atoms with E-state index in [0.29, 0.717) is 0 Å². The highest BCUT2D eigenvalue weighted by molar-refractivity contribution is 5.30. The van der Waals surface area contributed by atoms with Gasteiger partial charge in [-0.2, -0.15) is 4.68 Å². The largest absolute Gasteiger partial charge is 0.303 e. The third-order valence-electron chi connectivity index (χ3n) is 4.15. The van der Waals surface area contributed by atoms with Crippen molar-refractivity contribution in [2.45, 2.75) is 32.6 Å². The van der Waals surface area contributed by atoms with E-state index in [-0.39, 0.29) is 0 Å². The van der Waals surface area contributed by atoms with Crippen LogP contribution in [0.15, 0.2) is 30.3 Å². The Kier molecular flexibility index (Phi) is 4.60. The van der Waals surface area contributed by atoms with Gasteiger partial charge in [-0.3, -0.25) is 0 Å². The van der Waals surface area contributed by atoms with Crippen LogP contribution in [0.2, 0.25) is 0 Å². The molecule has 0 saturated carbocycles. The second-order valence-corrected chi connectivity index (χ2v) is 5.99. The Morgan fingerprint density at radius 1 is 1.24 bits per heavy atom. The van der Waals surface area contributed by atoms with Gasteiger partial charge in [-0.25, -0.2) is 0 Å². The molecule has 3 rings (SSSR count). The quantitative estimate of drug-likeness (QED) is 0.846. The first-order chi connectivity index (χ1) is 10.3. The third-order valence-corrected chi connectivity index (χ3v) is 4.15. The summed E-state index contributed by atoms with van der Waals surface area (Å²) in [6, 6.07) is 10.1. The molecule has 5 heteroatoms. The fourth-order valence-electron chi connectivity index (χ4n) is 3.08. The summed E-state index contributed by atoms with van der Waals surface area (Å²) < 4.78 is 1.85. The molecule has 1 saturated heterocycles. The highest BCUT2D eigenvalue weighted by atomic mass is 15.5. The van der Waals surface area contributed by atoms with Gasteiger partial charge in [-0.15, -0.1) is 5.10 Å². The van der Waals surface area contributed by atoms with Crippen molar-refractivity contribution in [1.29, 1.82) is 0 Å². The maximum Gasteiger partial charge on any atom is 0.156 e. The number of hydrogen-bond acceptors (Lipinski definition) is 4. The molecule has 0 bridgehead atoms. The Balaban J connectivity index is 1.55. The van der Waals surface area contributed by atoms with E-state index in [0.717, 1.165) is 36.8 Å². The lowest BCUT2D eigenvalue weighted by Crippen LogP contribution is -2.35. The monoisotopic (exact) mass is 285 g/mol. The summed E-state index contributed by atoms with van der Waals surface area (Å²) >= 11 is 0. The molecule has 1 aromatic carbocycles. The fourth-order valence-corrected chi connectivity index (χ4v) is 3.08. The number of nitrogens with zero attached hydrogens (tertiary/aromatic N) is 5. The molecule has 1 aliphatic rings. The van der Waals surface area contributed by atoms with Gasteiger partial charge in [-0.05, 0) is 60.8 Å². The van der Waals surface area contributed by atoms with Crippen molar-refractivity contribution in [3.63, 3.8) is 0 Å². The first-order valence-electron chi connectivity index (χ1n) is 7.88. The number of aromatic nitrogens is 4. The Morgan fingerprint density at radius 2 is 2.10 bits per heavy atom. The molecule has 2 heterocycles. The molecule has 1 aliphatic heterocycles. The summed E-state index contributed by atoms with van der Waals surface area (Å²) in [5.41, 5.74) is 1.03. The van der Waals surface area contributed by atoms with Crippen molar-refractivity contribution in [3.05, 3.63) is 36.2 Å². The van der Waals surface area contributed by atoms with Crippen LogP contribution in [0.25, 0.3) is 5.69 Å². The molecule has 0 amide bonds. The number of aryl methyl sites for hydroxylation is 1. The summed E-state index contributed by atoms with van der Waals surface area (Å²) in [5.74, 6) is 1.79. The van der Waals surface area contributed by atoms with Gasteiger partial charge in [0.1, 0.15) is 0 Å². The molecule has 0 radical (unpaired) electrons. The smallest absolute Gasteiger partial charge is 0.156 e. The molecule has 0 N–H and O–H groups in total. The topological polar surface area (TPSA) is 46.8 Å². The number of hydrogen-bond donors (Lipinski definition) is 0. The predicted molar refractivity (Wildman–Crippen MR) is 82.3 cm³/mol. The SMILES string of the molecule is CC1CCCN(CCCc2nnnn2-c2ccccc2)C1. The van der Waals surface area contributed by atoms with Crippen LogP contribution in [-0.4, -0.2) is 44.7 Å². The highest BCUT2D eigenvalue weighted by Crippen LogP contribution is 2.16. The molecule has 1 unspecified atom stereocenters. The van der Waals surface area contributed by atoms with Gasteiger partial charge in [0.25, 0.3) is 0 Å². The van der Waals surface area contributed by atoms with Crippen molar-refractivity contribution < 1.29 is 0 Å². The maximum atomic E-state index is 4.17. The van der Waals surface area contributed by atoms with Crippen LogP contribution >= 0.6 is 0 Å². The summed E-state index contributed by atoms with van der Waals surface area (Å²) in [7, 11) is 0. The standard InChI is InChI=1S/C16H23N5/c1-14-7-5-11-20(13-14)12-6-10-16-17-18-19-21(16)15-8-3-2-4-9-15/h2-4,8-9,14H,5-7,10-13H2,1H3. The van der Waals surface area contributed by atoms with Gasteiger partial charge in [0.2, 0.25) is 0 Å². The second-order valence-electron chi connectivity index (χ2n) is 5.99. The van der Waals surface area contributed by atoms with Crippen LogP contribution in [0.4, 0.5) is 0 Å². The fraction of sp³-hybridized carbons (Fsp3) is 0.562. The number of benzene rings is 1. The molecule has 1 fully saturated rings. The molecule has 0 aliphatic carbocycles. The Hall–Kier alpha value is -1.75. The van der Waals surface area contributed by atoms with Crippen molar-refractivity contribution in [2.24, 2.45) is 5.92 Å². The Bertz CT molecular complexity index is 551. The summed E-state index contributed by atoms with van der Waals surface area (Å²) in [6.07, 6.45) is 4.75. The summed E-state index contributed by atoms with van der Waals surface area (Å²) in [4.78, 5) is 2.57. The summed E-state index contributed by atoms with van der Waals surface area (Å²) in [6.45, 7) is 5.98. The molecular formula is C16H23N5. The molecule has 0 spiro atoms. The minimum absolute atomic E-state index is 0.841. The molecular weight excluding hydrogens is 262 g/mol. The number of rotatable bonds is 5. The van der Waals surface area contributed by atoms with Crippen LogP contribution in [0.3, 0.4) is 0 Å². The van der Waals surface area contributed by atoms with Crippen LogP contribution < -0.4 is 0 Å². The normalized spacial score (nSPS) is 19.8. The number of tetrazole rings is 1. The minimum Gasteiger partial charge on any atom is -0.303 e. The minimum atomic E-state index is 0.841. The molecule has 2 aromatic rings. The van der Waals surface area contributed by atoms with Crippen molar-refractivity contribution in [2.75, 3.05) is 19.6 Å². The number of likely N-dealkylation sites (tertiary alicyclic amines) is 1. The first kappa shape index (κ1) is 14.2. The lowest BCUT2D eigenvalue weighted by atomic mass is 10.0. The second kappa shape index (κ2) is 6.80. The maximum absolute atomic E-state index is 4.17. The van der Waals surface area contributed by atoms with Crippen molar-refractivity contribution in [3.8, 4) is 5.69 Å². The Morgan fingerprint density at radius 3 is 2.90 bits per heavy atom. The zero-order valence-corrected chi connectivity index (χ0v) is 12.6. The lowest BCUT2D eigenvalue weighted by Gasteiger charge is -2.30. The predicted octanol–water partition coefficient (Wildman–Crippen LogP) is 2.33. The highest BCUT2D eigenvalue weighted by Gasteiger charge is 2.16. The molecule has 1 atom stereocenters. The van der Waals surface area contributed by atoms with Gasteiger partial charge in [0.15, 0.2) is 5.82 Å². The van der Waals surface area contributed by atoms with Crippen molar-refractivity contribution in [1.82, 2.24) is 25.1 Å². The summed E-state index contributed by atoms with van der Waals surface area (Å²) in [5, 5.41) is 12.1. The van der Waals surface area contributed by atoms with E-state index in [1.54, 1.807) is 0 Å². The van der Waals surface area contributed by atoms with Gasteiger partial charge in [-0.1, -0.05) is 25.1 Å². The van der Waals surface area contributed by atoms with Crippen molar-refractivity contribution >= 4 is 0 Å². The van der Waals surface area contributed by atoms with Gasteiger partial charge in [0, 0.05) is 13.0 Å². The first-order valence-corrected chi connectivity index (χ1v) is 7.88. The van der Waals surface area contributed by atoms with E-state index < -0.39 is 0 Å². The number of para-hydroxylation sites is 1. The van der Waals surface area contributed by atoms with Crippen LogP contribution in [0.1, 0.15) is 32.0 Å². The van der Waals surface area contributed by atoms with Gasteiger partial charge >= 0.3 is 0 Å². The van der Waals surface area contributed by atoms with E-state index in [1.165, 1.54) is 25.9 Å². The van der Waals surface area contributed by atoms with Crippen LogP contribution in [-0.2, 0) is 6.42 Å². The van der Waals surface area contributed by atoms with E-state index >= 15 is 0 Å².